The zero-order valence-electron chi connectivity index (χ0n) is 13.4. The molecule has 6 nitrogen and oxygen atoms in total. The molecule has 0 aliphatic carbocycles. The molecule has 0 spiro atoms. The summed E-state index contributed by atoms with van der Waals surface area (Å²) in [6.07, 6.45) is 3.21. The molecular formula is C12H16B6O6. The lowest BCUT2D eigenvalue weighted by Crippen LogP contribution is -2.38. The van der Waals surface area contributed by atoms with Crippen LogP contribution in [-0.2, 0) is 23.9 Å². The maximum Gasteiger partial charge on any atom is 0.330 e. The van der Waals surface area contributed by atoms with Gasteiger partial charge in [0, 0.05) is 62.6 Å². The Morgan fingerprint density at radius 2 is 1.46 bits per heavy atom. The van der Waals surface area contributed by atoms with E-state index in [0.717, 1.165) is 6.08 Å². The fraction of sp³-hybridized carbons (Fsp3) is 0.417. The predicted molar refractivity (Wildman–Crippen MR) is 97.3 cm³/mol. The number of esters is 2. The average molecular weight is 321 g/mol. The molecule has 0 aliphatic heterocycles. The van der Waals surface area contributed by atoms with Crippen molar-refractivity contribution in [2.45, 2.75) is 19.3 Å². The van der Waals surface area contributed by atoms with E-state index < -0.39 is 30.7 Å². The first-order valence-corrected chi connectivity index (χ1v) is 7.04. The number of ether oxygens (including phenoxy) is 2. The molecule has 0 unspecified atom stereocenters. The quantitative estimate of drug-likeness (QED) is 0.235. The maximum absolute atomic E-state index is 11.1. The van der Waals surface area contributed by atoms with Gasteiger partial charge >= 0.3 is 17.9 Å². The third-order valence-corrected chi connectivity index (χ3v) is 2.21. The molecule has 0 amide bonds. The first kappa shape index (κ1) is 24.5. The minimum Gasteiger partial charge on any atom is -0.481 e. The van der Waals surface area contributed by atoms with Crippen LogP contribution < -0.4 is 0 Å². The molecule has 0 saturated heterocycles. The monoisotopic (exact) mass is 322 g/mol. The molecule has 0 saturated carbocycles. The smallest absolute Gasteiger partial charge is 0.330 e. The standard InChI is InChI=1S/C12H16O6.B6/c1-2-11(15)17-8-3-4-9-18-12(16)7-5-6-10(13)14;1-5(2)6(3)4/h2-4H,1,5-9H2,(H,13,14);/b4-3-;. The van der Waals surface area contributed by atoms with Gasteiger partial charge in [-0.3, -0.25) is 9.59 Å². The van der Waals surface area contributed by atoms with Crippen LogP contribution in [-0.4, -0.2) is 79.9 Å². The summed E-state index contributed by atoms with van der Waals surface area (Å²) in [7, 11) is 19.9. The fourth-order valence-electron chi connectivity index (χ4n) is 0.922. The Bertz CT molecular complexity index is 420. The van der Waals surface area contributed by atoms with E-state index in [9.17, 15) is 14.4 Å². The second-order valence-corrected chi connectivity index (χ2v) is 4.39. The summed E-state index contributed by atoms with van der Waals surface area (Å²) in [6, 6.07) is 0. The summed E-state index contributed by atoms with van der Waals surface area (Å²) in [5, 5.41) is 8.35. The minimum absolute atomic E-state index is 0.0531. The van der Waals surface area contributed by atoms with Gasteiger partial charge in [0.2, 0.25) is 0 Å². The Hall–Kier alpha value is -1.72. The highest BCUT2D eigenvalue weighted by atomic mass is 16.5. The van der Waals surface area contributed by atoms with Crippen LogP contribution in [0.15, 0.2) is 24.8 Å². The number of carboxylic acids is 1. The van der Waals surface area contributed by atoms with Gasteiger partial charge in [0.05, 0.1) is 0 Å². The van der Waals surface area contributed by atoms with Gasteiger partial charge in [-0.05, 0) is 18.6 Å². The van der Waals surface area contributed by atoms with Crippen LogP contribution in [0.3, 0.4) is 0 Å². The van der Waals surface area contributed by atoms with Crippen molar-refractivity contribution in [3.8, 4) is 0 Å². The molecule has 0 aromatic carbocycles. The summed E-state index contributed by atoms with van der Waals surface area (Å²) in [5.74, 6) is -1.92. The zero-order chi connectivity index (χ0) is 19.0. The Morgan fingerprint density at radius 1 is 0.958 bits per heavy atom. The summed E-state index contributed by atoms with van der Waals surface area (Å²) >= 11 is 0. The van der Waals surface area contributed by atoms with E-state index in [1.807, 2.05) is 0 Å². The Balaban J connectivity index is 0. The number of aliphatic carboxylic acids is 1. The van der Waals surface area contributed by atoms with E-state index in [0.29, 0.717) is 0 Å². The molecule has 0 rings (SSSR count). The first-order chi connectivity index (χ1) is 11.2. The normalized spacial score (nSPS) is 9.33. The lowest BCUT2D eigenvalue weighted by molar-refractivity contribution is -0.143. The minimum atomic E-state index is -0.938. The molecule has 1 N–H and O–H groups in total. The molecule has 0 atom stereocenters. The van der Waals surface area contributed by atoms with Crippen molar-refractivity contribution < 1.29 is 29.0 Å². The number of hydrogen-bond donors (Lipinski definition) is 1. The van der Waals surface area contributed by atoms with Gasteiger partial charge in [-0.2, -0.15) is 0 Å². The number of carboxylic acid groups (broad SMARTS) is 1. The highest BCUT2D eigenvalue weighted by molar-refractivity contribution is 7.76. The second-order valence-electron chi connectivity index (χ2n) is 4.39. The van der Waals surface area contributed by atoms with Crippen LogP contribution in [0, 0.1) is 0 Å². The molecule has 24 heavy (non-hydrogen) atoms. The summed E-state index contributed by atoms with van der Waals surface area (Å²) in [6.45, 7) is 3.38. The third-order valence-electron chi connectivity index (χ3n) is 2.21. The topological polar surface area (TPSA) is 89.9 Å². The fourth-order valence-corrected chi connectivity index (χ4v) is 0.922. The summed E-state index contributed by atoms with van der Waals surface area (Å²) < 4.78 is 9.42. The molecule has 0 fully saturated rings. The molecule has 118 valence electrons. The Kier molecular flexibility index (Phi) is 16.5. The highest BCUT2D eigenvalue weighted by Crippen LogP contribution is 1.97. The molecule has 0 aromatic heterocycles. The number of carbonyl (C=O) groups excluding carboxylic acids is 2. The van der Waals surface area contributed by atoms with Crippen LogP contribution >= 0.6 is 0 Å². The van der Waals surface area contributed by atoms with Gasteiger partial charge in [0.1, 0.15) is 13.2 Å². The van der Waals surface area contributed by atoms with E-state index in [4.69, 9.17) is 40.8 Å². The molecule has 8 radical (unpaired) electrons. The molecule has 0 aliphatic rings. The Labute approximate surface area is 148 Å². The van der Waals surface area contributed by atoms with E-state index >= 15 is 0 Å². The van der Waals surface area contributed by atoms with E-state index in [1.54, 1.807) is 0 Å². The van der Waals surface area contributed by atoms with Crippen molar-refractivity contribution in [2.24, 2.45) is 0 Å². The number of carbonyl (C=O) groups is 3. The number of rotatable bonds is 10. The van der Waals surface area contributed by atoms with Gasteiger partial charge in [-0.1, -0.05) is 6.58 Å². The van der Waals surface area contributed by atoms with Crippen LogP contribution in [0.5, 0.6) is 0 Å². The van der Waals surface area contributed by atoms with Gasteiger partial charge in [0.15, 0.2) is 0 Å². The van der Waals surface area contributed by atoms with Crippen molar-refractivity contribution >= 4 is 61.6 Å². The van der Waals surface area contributed by atoms with Crippen molar-refractivity contribution in [1.82, 2.24) is 0 Å². The third kappa shape index (κ3) is 20.3. The van der Waals surface area contributed by atoms with Gasteiger partial charge in [0.25, 0.3) is 0 Å². The van der Waals surface area contributed by atoms with Crippen LogP contribution in [0.4, 0.5) is 0 Å². The van der Waals surface area contributed by atoms with E-state index in [-0.39, 0.29) is 32.5 Å². The molecule has 12 heteroatoms. The van der Waals surface area contributed by atoms with Gasteiger partial charge in [-0.15, -0.1) is 0 Å². The van der Waals surface area contributed by atoms with Gasteiger partial charge < -0.3 is 14.6 Å². The summed E-state index contributed by atoms with van der Waals surface area (Å²) in [5.41, 5.74) is 0. The SMILES string of the molecule is C=CC(=O)OC/C=C\COC(=O)CCCC(=O)O.[B]B([B])B([B])[B]. The maximum atomic E-state index is 11.1. The van der Waals surface area contributed by atoms with E-state index in [2.05, 4.69) is 11.3 Å². The second kappa shape index (κ2) is 16.1. The van der Waals surface area contributed by atoms with Crippen LogP contribution in [0.1, 0.15) is 19.3 Å². The van der Waals surface area contributed by atoms with Crippen molar-refractivity contribution in [3.05, 3.63) is 24.8 Å². The molecule has 0 bridgehead atoms. The Morgan fingerprint density at radius 3 is 1.88 bits per heavy atom. The van der Waals surface area contributed by atoms with Crippen molar-refractivity contribution in [1.29, 1.82) is 0 Å². The van der Waals surface area contributed by atoms with Gasteiger partial charge in [-0.25, -0.2) is 4.79 Å². The van der Waals surface area contributed by atoms with Crippen LogP contribution in [0.2, 0.25) is 0 Å². The zero-order valence-corrected chi connectivity index (χ0v) is 13.4. The molecule has 0 aromatic rings. The first-order valence-electron chi connectivity index (χ1n) is 7.04. The lowest BCUT2D eigenvalue weighted by Gasteiger charge is -2.00. The predicted octanol–water partition coefficient (Wildman–Crippen LogP) is -1.21. The van der Waals surface area contributed by atoms with E-state index in [1.165, 1.54) is 12.2 Å². The largest absolute Gasteiger partial charge is 0.481 e. The average Bonchev–Trinajstić information content (AvgIpc) is 2.50. The van der Waals surface area contributed by atoms with Crippen molar-refractivity contribution in [2.75, 3.05) is 13.2 Å². The lowest BCUT2D eigenvalue weighted by atomic mass is 8.81. The summed E-state index contributed by atoms with van der Waals surface area (Å²) in [4.78, 5) is 31.9. The molecule has 0 heterocycles. The van der Waals surface area contributed by atoms with Crippen LogP contribution in [0.25, 0.3) is 0 Å². The molecular weight excluding hydrogens is 305 g/mol. The highest BCUT2D eigenvalue weighted by Gasteiger charge is 2.03. The number of hydrogen-bond acceptors (Lipinski definition) is 5. The van der Waals surface area contributed by atoms with Crippen molar-refractivity contribution in [3.63, 3.8) is 0 Å².